The molecule has 84 valence electrons. The van der Waals surface area contributed by atoms with E-state index in [1.807, 2.05) is 5.43 Å². The van der Waals surface area contributed by atoms with Crippen molar-refractivity contribution < 1.29 is 13.2 Å². The lowest BCUT2D eigenvalue weighted by Crippen LogP contribution is -2.16. The minimum absolute atomic E-state index is 0.124. The molecule has 0 aliphatic rings. The van der Waals surface area contributed by atoms with E-state index in [1.54, 1.807) is 13.8 Å². The van der Waals surface area contributed by atoms with E-state index >= 15 is 0 Å². The van der Waals surface area contributed by atoms with Crippen LogP contribution >= 0.6 is 0 Å². The molecule has 0 radical (unpaired) electrons. The highest BCUT2D eigenvalue weighted by Gasteiger charge is 2.33. The average molecular weight is 220 g/mol. The Labute approximate surface area is 84.7 Å². The third-order valence-corrected chi connectivity index (χ3v) is 1.76. The number of halogens is 3. The van der Waals surface area contributed by atoms with Crippen molar-refractivity contribution in [2.45, 2.75) is 25.9 Å². The second kappa shape index (κ2) is 4.01. The Bertz CT molecular complexity index is 348. The maximum absolute atomic E-state index is 12.4. The van der Waals surface area contributed by atoms with Gasteiger partial charge >= 0.3 is 6.18 Å². The molecule has 0 saturated heterocycles. The predicted molar refractivity (Wildman–Crippen MR) is 48.9 cm³/mol. The molecule has 0 amide bonds. The number of hydrazine groups is 1. The third-order valence-electron chi connectivity index (χ3n) is 1.76. The van der Waals surface area contributed by atoms with Crippen LogP contribution in [0.5, 0.6) is 0 Å². The van der Waals surface area contributed by atoms with Gasteiger partial charge in [-0.15, -0.1) is 0 Å². The van der Waals surface area contributed by atoms with Gasteiger partial charge < -0.3 is 0 Å². The van der Waals surface area contributed by atoms with Crippen LogP contribution in [0.4, 0.5) is 19.1 Å². The summed E-state index contributed by atoms with van der Waals surface area (Å²) in [6.07, 6.45) is -4.49. The van der Waals surface area contributed by atoms with Gasteiger partial charge in [-0.2, -0.15) is 13.2 Å². The standard InChI is InChI=1S/C8H11F3N4/c1-4(2)5-3-6(8(9,10)11)14-7(13-5)15-12/h3-4H,12H2,1-2H3,(H,13,14,15). The van der Waals surface area contributed by atoms with Crippen molar-refractivity contribution in [1.29, 1.82) is 0 Å². The number of rotatable bonds is 2. The lowest BCUT2D eigenvalue weighted by atomic mass is 10.1. The molecule has 3 N–H and O–H groups in total. The van der Waals surface area contributed by atoms with Gasteiger partial charge in [0.05, 0.1) is 0 Å². The van der Waals surface area contributed by atoms with Crippen molar-refractivity contribution >= 4 is 5.95 Å². The van der Waals surface area contributed by atoms with E-state index in [1.165, 1.54) is 0 Å². The van der Waals surface area contributed by atoms with E-state index < -0.39 is 11.9 Å². The predicted octanol–water partition coefficient (Wildman–Crippen LogP) is 1.90. The van der Waals surface area contributed by atoms with Crippen LogP contribution in [0.25, 0.3) is 0 Å². The van der Waals surface area contributed by atoms with E-state index in [-0.39, 0.29) is 11.9 Å². The van der Waals surface area contributed by atoms with Gasteiger partial charge in [-0.1, -0.05) is 13.8 Å². The Morgan fingerprint density at radius 3 is 2.33 bits per heavy atom. The highest BCUT2D eigenvalue weighted by molar-refractivity contribution is 5.28. The van der Waals surface area contributed by atoms with E-state index in [2.05, 4.69) is 9.97 Å². The number of hydrogen-bond donors (Lipinski definition) is 2. The Kier molecular flexibility index (Phi) is 3.13. The van der Waals surface area contributed by atoms with Crippen LogP contribution in [0.2, 0.25) is 0 Å². The zero-order valence-electron chi connectivity index (χ0n) is 8.26. The summed E-state index contributed by atoms with van der Waals surface area (Å²) in [4.78, 5) is 7.05. The molecule has 0 atom stereocenters. The second-order valence-corrected chi connectivity index (χ2v) is 3.30. The van der Waals surface area contributed by atoms with Crippen LogP contribution in [-0.2, 0) is 6.18 Å². The number of hydrogen-bond acceptors (Lipinski definition) is 4. The fourth-order valence-electron chi connectivity index (χ4n) is 0.972. The normalized spacial score (nSPS) is 11.9. The number of anilines is 1. The molecular formula is C8H11F3N4. The van der Waals surface area contributed by atoms with Gasteiger partial charge in [-0.25, -0.2) is 15.8 Å². The highest BCUT2D eigenvalue weighted by Crippen LogP contribution is 2.29. The van der Waals surface area contributed by atoms with Crippen molar-refractivity contribution in [1.82, 2.24) is 9.97 Å². The number of nitrogens with two attached hydrogens (primary N) is 1. The third kappa shape index (κ3) is 2.79. The first-order chi connectivity index (χ1) is 6.84. The van der Waals surface area contributed by atoms with Crippen LogP contribution in [-0.4, -0.2) is 9.97 Å². The maximum Gasteiger partial charge on any atom is 0.433 e. The van der Waals surface area contributed by atoms with E-state index in [9.17, 15) is 13.2 Å². The van der Waals surface area contributed by atoms with E-state index in [0.717, 1.165) is 6.07 Å². The summed E-state index contributed by atoms with van der Waals surface area (Å²) >= 11 is 0. The van der Waals surface area contributed by atoms with Gasteiger partial charge in [0.25, 0.3) is 0 Å². The molecule has 1 heterocycles. The largest absolute Gasteiger partial charge is 0.433 e. The molecule has 0 unspecified atom stereocenters. The van der Waals surface area contributed by atoms with Crippen LogP contribution < -0.4 is 11.3 Å². The Balaban J connectivity index is 3.23. The van der Waals surface area contributed by atoms with Crippen molar-refractivity contribution in [3.8, 4) is 0 Å². The molecule has 0 aromatic carbocycles. The minimum atomic E-state index is -4.49. The minimum Gasteiger partial charge on any atom is -0.292 e. The van der Waals surface area contributed by atoms with Gasteiger partial charge in [-0.05, 0) is 12.0 Å². The van der Waals surface area contributed by atoms with Crippen LogP contribution in [0.3, 0.4) is 0 Å². The first-order valence-electron chi connectivity index (χ1n) is 4.27. The van der Waals surface area contributed by atoms with Gasteiger partial charge in [0, 0.05) is 5.69 Å². The van der Waals surface area contributed by atoms with Crippen molar-refractivity contribution in [2.75, 3.05) is 5.43 Å². The lowest BCUT2D eigenvalue weighted by molar-refractivity contribution is -0.141. The molecule has 0 aliphatic heterocycles. The summed E-state index contributed by atoms with van der Waals surface area (Å²) in [7, 11) is 0. The fourth-order valence-corrected chi connectivity index (χ4v) is 0.972. The topological polar surface area (TPSA) is 63.8 Å². The summed E-state index contributed by atoms with van der Waals surface area (Å²) in [6, 6.07) is 0.922. The molecule has 0 fully saturated rings. The quantitative estimate of drug-likeness (QED) is 0.590. The molecule has 15 heavy (non-hydrogen) atoms. The van der Waals surface area contributed by atoms with Gasteiger partial charge in [0.15, 0.2) is 0 Å². The molecule has 7 heteroatoms. The number of nitrogens with one attached hydrogen (secondary N) is 1. The summed E-state index contributed by atoms with van der Waals surface area (Å²) in [5.74, 6) is 4.64. The number of nitrogens with zero attached hydrogens (tertiary/aromatic N) is 2. The summed E-state index contributed by atoms with van der Waals surface area (Å²) in [5, 5.41) is 0. The molecular weight excluding hydrogens is 209 g/mol. The van der Waals surface area contributed by atoms with E-state index in [4.69, 9.17) is 5.84 Å². The van der Waals surface area contributed by atoms with E-state index in [0.29, 0.717) is 5.69 Å². The first-order valence-corrected chi connectivity index (χ1v) is 4.27. The Morgan fingerprint density at radius 1 is 1.33 bits per heavy atom. The Hall–Kier alpha value is -1.37. The van der Waals surface area contributed by atoms with Gasteiger partial charge in [0.1, 0.15) is 5.69 Å². The zero-order chi connectivity index (χ0) is 11.6. The SMILES string of the molecule is CC(C)c1cc(C(F)(F)F)nc(NN)n1. The molecule has 0 bridgehead atoms. The number of alkyl halides is 3. The van der Waals surface area contributed by atoms with Crippen LogP contribution in [0.1, 0.15) is 31.2 Å². The summed E-state index contributed by atoms with van der Waals surface area (Å²) in [6.45, 7) is 3.48. The average Bonchev–Trinajstić information content (AvgIpc) is 2.15. The van der Waals surface area contributed by atoms with Gasteiger partial charge in [0.2, 0.25) is 5.95 Å². The zero-order valence-corrected chi connectivity index (χ0v) is 8.26. The van der Waals surface area contributed by atoms with Crippen LogP contribution in [0, 0.1) is 0 Å². The highest BCUT2D eigenvalue weighted by atomic mass is 19.4. The van der Waals surface area contributed by atoms with Crippen LogP contribution in [0.15, 0.2) is 6.07 Å². The fraction of sp³-hybridized carbons (Fsp3) is 0.500. The maximum atomic E-state index is 12.4. The molecule has 4 nitrogen and oxygen atoms in total. The molecule has 0 saturated carbocycles. The molecule has 0 aliphatic carbocycles. The monoisotopic (exact) mass is 220 g/mol. The molecule has 0 spiro atoms. The number of aromatic nitrogens is 2. The smallest absolute Gasteiger partial charge is 0.292 e. The summed E-state index contributed by atoms with van der Waals surface area (Å²) < 4.78 is 37.2. The number of nitrogen functional groups attached to an aromatic ring is 1. The van der Waals surface area contributed by atoms with Crippen molar-refractivity contribution in [3.63, 3.8) is 0 Å². The van der Waals surface area contributed by atoms with Gasteiger partial charge in [-0.3, -0.25) is 5.43 Å². The van der Waals surface area contributed by atoms with Crippen molar-refractivity contribution in [2.24, 2.45) is 5.84 Å². The Morgan fingerprint density at radius 2 is 1.93 bits per heavy atom. The molecule has 1 aromatic heterocycles. The van der Waals surface area contributed by atoms with Crippen molar-refractivity contribution in [3.05, 3.63) is 17.5 Å². The molecule has 1 rings (SSSR count). The summed E-state index contributed by atoms with van der Waals surface area (Å²) in [5.41, 5.74) is 1.32. The lowest BCUT2D eigenvalue weighted by Gasteiger charge is -2.11. The first kappa shape index (κ1) is 11.7. The molecule has 1 aromatic rings. The second-order valence-electron chi connectivity index (χ2n) is 3.30.